The Hall–Kier alpha value is -2.81. The summed E-state index contributed by atoms with van der Waals surface area (Å²) in [4.78, 5) is 12.7. The summed E-state index contributed by atoms with van der Waals surface area (Å²) in [5, 5.41) is 4.30. The van der Waals surface area contributed by atoms with Gasteiger partial charge in [-0.2, -0.15) is 18.3 Å². The van der Waals surface area contributed by atoms with Crippen molar-refractivity contribution < 1.29 is 13.2 Å². The fraction of sp³-hybridized carbons (Fsp3) is 0.0667. The molecule has 0 aliphatic rings. The maximum Gasteiger partial charge on any atom is 0.435 e. The van der Waals surface area contributed by atoms with Crippen molar-refractivity contribution >= 4 is 21.6 Å². The Kier molecular flexibility index (Phi) is 3.31. The van der Waals surface area contributed by atoms with E-state index in [0.717, 1.165) is 26.0 Å². The zero-order chi connectivity index (χ0) is 16.7. The number of thiazole rings is 1. The standard InChI is InChI=1S/C15H8F3N5S/c16-15(17,18)12-3-5-23(22-12)13-6-11-10(8-20-13)21-14(24-11)9-2-1-4-19-7-9/h1-8H. The molecular weight excluding hydrogens is 339 g/mol. The van der Waals surface area contributed by atoms with E-state index < -0.39 is 11.9 Å². The Morgan fingerprint density at radius 1 is 1.12 bits per heavy atom. The van der Waals surface area contributed by atoms with Gasteiger partial charge in [0.25, 0.3) is 0 Å². The fourth-order valence-corrected chi connectivity index (χ4v) is 3.12. The van der Waals surface area contributed by atoms with Crippen molar-refractivity contribution in [2.45, 2.75) is 6.18 Å². The van der Waals surface area contributed by atoms with Gasteiger partial charge in [-0.25, -0.2) is 14.6 Å². The second-order valence-electron chi connectivity index (χ2n) is 4.91. The van der Waals surface area contributed by atoms with Gasteiger partial charge >= 0.3 is 6.18 Å². The quantitative estimate of drug-likeness (QED) is 0.551. The van der Waals surface area contributed by atoms with Gasteiger partial charge in [0.15, 0.2) is 11.5 Å². The third-order valence-electron chi connectivity index (χ3n) is 3.28. The first-order valence-corrected chi connectivity index (χ1v) is 7.62. The number of aromatic nitrogens is 5. The number of rotatable bonds is 2. The van der Waals surface area contributed by atoms with Crippen molar-refractivity contribution in [3.63, 3.8) is 0 Å². The van der Waals surface area contributed by atoms with E-state index in [-0.39, 0.29) is 0 Å². The highest BCUT2D eigenvalue weighted by molar-refractivity contribution is 7.21. The van der Waals surface area contributed by atoms with Gasteiger partial charge in [0.05, 0.1) is 10.9 Å². The summed E-state index contributed by atoms with van der Waals surface area (Å²) < 4.78 is 39.9. The minimum absolute atomic E-state index is 0.305. The second kappa shape index (κ2) is 5.38. The van der Waals surface area contributed by atoms with Crippen LogP contribution in [-0.2, 0) is 6.18 Å². The molecule has 5 nitrogen and oxygen atoms in total. The molecule has 0 saturated carbocycles. The SMILES string of the molecule is FC(F)(F)c1ccn(-c2cc3sc(-c4cccnc4)nc3cn2)n1. The number of nitrogens with zero attached hydrogens (tertiary/aromatic N) is 5. The lowest BCUT2D eigenvalue weighted by atomic mass is 10.3. The number of pyridine rings is 2. The number of halogens is 3. The molecule has 0 aliphatic carbocycles. The molecule has 0 bridgehead atoms. The molecule has 0 radical (unpaired) electrons. The van der Waals surface area contributed by atoms with Crippen molar-refractivity contribution in [1.29, 1.82) is 0 Å². The summed E-state index contributed by atoms with van der Waals surface area (Å²) in [6.07, 6.45) is 1.66. The highest BCUT2D eigenvalue weighted by Crippen LogP contribution is 2.31. The summed E-state index contributed by atoms with van der Waals surface area (Å²) >= 11 is 1.42. The molecule has 0 atom stereocenters. The van der Waals surface area contributed by atoms with E-state index in [1.54, 1.807) is 18.5 Å². The zero-order valence-corrected chi connectivity index (χ0v) is 12.7. The maximum absolute atomic E-state index is 12.7. The van der Waals surface area contributed by atoms with Gasteiger partial charge in [-0.05, 0) is 18.2 Å². The molecule has 0 aromatic carbocycles. The Balaban J connectivity index is 1.75. The average Bonchev–Trinajstić information content (AvgIpc) is 3.21. The minimum atomic E-state index is -4.48. The second-order valence-corrected chi connectivity index (χ2v) is 5.94. The molecular formula is C15H8F3N5S. The molecule has 0 spiro atoms. The first-order valence-electron chi connectivity index (χ1n) is 6.81. The molecule has 4 rings (SSSR count). The molecule has 4 heterocycles. The van der Waals surface area contributed by atoms with Crippen LogP contribution in [-0.4, -0.2) is 24.7 Å². The normalized spacial score (nSPS) is 12.0. The van der Waals surface area contributed by atoms with Crippen LogP contribution in [0.5, 0.6) is 0 Å². The topological polar surface area (TPSA) is 56.5 Å². The molecule has 0 N–H and O–H groups in total. The number of alkyl halides is 3. The van der Waals surface area contributed by atoms with Gasteiger partial charge in [0.1, 0.15) is 10.5 Å². The number of hydrogen-bond acceptors (Lipinski definition) is 5. The summed E-state index contributed by atoms with van der Waals surface area (Å²) in [7, 11) is 0. The molecule has 24 heavy (non-hydrogen) atoms. The van der Waals surface area contributed by atoms with Crippen molar-refractivity contribution in [3.05, 3.63) is 54.7 Å². The van der Waals surface area contributed by atoms with E-state index in [2.05, 4.69) is 20.1 Å². The van der Waals surface area contributed by atoms with Gasteiger partial charge in [-0.3, -0.25) is 4.98 Å². The molecule has 120 valence electrons. The summed E-state index contributed by atoms with van der Waals surface area (Å²) in [6, 6.07) is 6.29. The fourth-order valence-electron chi connectivity index (χ4n) is 2.16. The first-order chi connectivity index (χ1) is 11.5. The van der Waals surface area contributed by atoms with Gasteiger partial charge in [-0.15, -0.1) is 11.3 Å². The monoisotopic (exact) mass is 347 g/mol. The predicted molar refractivity (Wildman–Crippen MR) is 82.8 cm³/mol. The van der Waals surface area contributed by atoms with Crippen LogP contribution in [0.2, 0.25) is 0 Å². The van der Waals surface area contributed by atoms with E-state index in [1.165, 1.54) is 23.7 Å². The summed E-state index contributed by atoms with van der Waals surface area (Å²) in [5.74, 6) is 0.305. The Morgan fingerprint density at radius 2 is 2.00 bits per heavy atom. The molecule has 0 unspecified atom stereocenters. The van der Waals surface area contributed by atoms with E-state index in [4.69, 9.17) is 0 Å². The molecule has 4 aromatic heterocycles. The Bertz CT molecular complexity index is 1010. The number of fused-ring (bicyclic) bond motifs is 1. The van der Waals surface area contributed by atoms with Crippen LogP contribution in [0.3, 0.4) is 0 Å². The van der Waals surface area contributed by atoms with E-state index in [9.17, 15) is 13.2 Å². The third-order valence-corrected chi connectivity index (χ3v) is 4.35. The average molecular weight is 347 g/mol. The molecule has 4 aromatic rings. The van der Waals surface area contributed by atoms with Gasteiger partial charge in [-0.1, -0.05) is 0 Å². The number of hydrogen-bond donors (Lipinski definition) is 0. The van der Waals surface area contributed by atoms with Crippen LogP contribution in [0.1, 0.15) is 5.69 Å². The summed E-state index contributed by atoms with van der Waals surface area (Å²) in [6.45, 7) is 0. The van der Waals surface area contributed by atoms with Crippen molar-refractivity contribution in [2.75, 3.05) is 0 Å². The maximum atomic E-state index is 12.7. The van der Waals surface area contributed by atoms with E-state index in [1.807, 2.05) is 12.1 Å². The van der Waals surface area contributed by atoms with Crippen molar-refractivity contribution in [2.24, 2.45) is 0 Å². The van der Waals surface area contributed by atoms with Crippen LogP contribution in [0.4, 0.5) is 13.2 Å². The third kappa shape index (κ3) is 2.62. The van der Waals surface area contributed by atoms with Crippen LogP contribution >= 0.6 is 11.3 Å². The highest BCUT2D eigenvalue weighted by atomic mass is 32.1. The molecule has 0 fully saturated rings. The molecule has 0 aliphatic heterocycles. The lowest BCUT2D eigenvalue weighted by Crippen LogP contribution is -2.07. The highest BCUT2D eigenvalue weighted by Gasteiger charge is 2.33. The van der Waals surface area contributed by atoms with Crippen LogP contribution in [0.25, 0.3) is 26.6 Å². The molecule has 0 amide bonds. The Labute approximate surface area is 137 Å². The zero-order valence-electron chi connectivity index (χ0n) is 11.9. The van der Waals surface area contributed by atoms with Crippen LogP contribution in [0, 0.1) is 0 Å². The first kappa shape index (κ1) is 14.8. The van der Waals surface area contributed by atoms with Gasteiger partial charge < -0.3 is 0 Å². The largest absolute Gasteiger partial charge is 0.435 e. The molecule has 9 heteroatoms. The Morgan fingerprint density at radius 3 is 2.71 bits per heavy atom. The van der Waals surface area contributed by atoms with Crippen LogP contribution < -0.4 is 0 Å². The van der Waals surface area contributed by atoms with Gasteiger partial charge in [0.2, 0.25) is 0 Å². The smallest absolute Gasteiger partial charge is 0.264 e. The predicted octanol–water partition coefficient (Wildman–Crippen LogP) is 3.96. The van der Waals surface area contributed by atoms with Crippen LogP contribution in [0.15, 0.2) is 49.1 Å². The lowest BCUT2D eigenvalue weighted by molar-refractivity contribution is -0.141. The van der Waals surface area contributed by atoms with Crippen molar-refractivity contribution in [3.8, 4) is 16.4 Å². The van der Waals surface area contributed by atoms with Gasteiger partial charge in [0, 0.05) is 30.2 Å². The van der Waals surface area contributed by atoms with E-state index >= 15 is 0 Å². The summed E-state index contributed by atoms with van der Waals surface area (Å²) in [5.41, 5.74) is 0.592. The van der Waals surface area contributed by atoms with E-state index in [0.29, 0.717) is 11.3 Å². The lowest BCUT2D eigenvalue weighted by Gasteiger charge is -2.02. The van der Waals surface area contributed by atoms with Crippen molar-refractivity contribution in [1.82, 2.24) is 24.7 Å². The molecule has 0 saturated heterocycles. The minimum Gasteiger partial charge on any atom is -0.264 e.